The van der Waals surface area contributed by atoms with E-state index in [1.807, 2.05) is 22.7 Å². The van der Waals surface area contributed by atoms with Gasteiger partial charge in [-0.1, -0.05) is 32.6 Å². The van der Waals surface area contributed by atoms with Crippen LogP contribution in [-0.2, 0) is 0 Å². The van der Waals surface area contributed by atoms with E-state index in [4.69, 9.17) is 5.73 Å². The molecule has 0 saturated heterocycles. The zero-order valence-electron chi connectivity index (χ0n) is 10.9. The minimum Gasteiger partial charge on any atom is -0.323 e. The van der Waals surface area contributed by atoms with Gasteiger partial charge in [-0.15, -0.1) is 22.7 Å². The van der Waals surface area contributed by atoms with Crippen LogP contribution in [0.2, 0.25) is 0 Å². The lowest BCUT2D eigenvalue weighted by Gasteiger charge is -2.34. The normalized spacial score (nSPS) is 26.6. The van der Waals surface area contributed by atoms with E-state index in [-0.39, 0.29) is 6.04 Å². The highest BCUT2D eigenvalue weighted by atomic mass is 32.1. The lowest BCUT2D eigenvalue weighted by Crippen LogP contribution is -2.29. The third-order valence-electron chi connectivity index (χ3n) is 4.44. The first-order valence-electron chi connectivity index (χ1n) is 7.02. The number of nitrogens with two attached hydrogens (primary N) is 1. The van der Waals surface area contributed by atoms with Gasteiger partial charge in [0.15, 0.2) is 0 Å². The first-order valence-corrected chi connectivity index (χ1v) is 8.71. The van der Waals surface area contributed by atoms with Gasteiger partial charge in [0.25, 0.3) is 0 Å². The molecule has 0 spiro atoms. The summed E-state index contributed by atoms with van der Waals surface area (Å²) in [5.74, 6) is 1.55. The molecule has 0 amide bonds. The lowest BCUT2D eigenvalue weighted by atomic mass is 9.74. The van der Waals surface area contributed by atoms with Gasteiger partial charge in [-0.25, -0.2) is 0 Å². The molecule has 1 aliphatic carbocycles. The quantitative estimate of drug-likeness (QED) is 0.823. The van der Waals surface area contributed by atoms with Crippen molar-refractivity contribution in [2.45, 2.75) is 45.1 Å². The fourth-order valence-corrected chi connectivity index (χ4v) is 5.57. The SMILES string of the molecule is CCC1CCCCC1C(N)c1cc2sccc2s1. The van der Waals surface area contributed by atoms with Crippen molar-refractivity contribution in [2.75, 3.05) is 0 Å². The Hall–Kier alpha value is -0.380. The van der Waals surface area contributed by atoms with Crippen LogP contribution in [0.1, 0.15) is 49.9 Å². The number of thiophene rings is 2. The van der Waals surface area contributed by atoms with Gasteiger partial charge < -0.3 is 5.73 Å². The van der Waals surface area contributed by atoms with E-state index in [1.54, 1.807) is 0 Å². The summed E-state index contributed by atoms with van der Waals surface area (Å²) in [5.41, 5.74) is 6.57. The van der Waals surface area contributed by atoms with Crippen LogP contribution in [-0.4, -0.2) is 0 Å². The molecule has 0 aliphatic heterocycles. The first kappa shape index (κ1) is 12.6. The van der Waals surface area contributed by atoms with E-state index < -0.39 is 0 Å². The van der Waals surface area contributed by atoms with Crippen molar-refractivity contribution >= 4 is 32.1 Å². The summed E-state index contributed by atoms with van der Waals surface area (Å²) in [6.45, 7) is 2.32. The van der Waals surface area contributed by atoms with Crippen molar-refractivity contribution in [1.82, 2.24) is 0 Å². The summed E-state index contributed by atoms with van der Waals surface area (Å²) in [6.07, 6.45) is 6.77. The van der Waals surface area contributed by atoms with Crippen LogP contribution in [0.5, 0.6) is 0 Å². The predicted octanol–water partition coefficient (Wildman–Crippen LogP) is 5.18. The molecule has 0 aromatic carbocycles. The molecule has 3 unspecified atom stereocenters. The van der Waals surface area contributed by atoms with Crippen molar-refractivity contribution in [3.63, 3.8) is 0 Å². The van der Waals surface area contributed by atoms with Crippen LogP contribution in [0.25, 0.3) is 9.40 Å². The van der Waals surface area contributed by atoms with Crippen molar-refractivity contribution in [3.05, 3.63) is 22.4 Å². The summed E-state index contributed by atoms with van der Waals surface area (Å²) >= 11 is 3.74. The Morgan fingerprint density at radius 3 is 2.94 bits per heavy atom. The van der Waals surface area contributed by atoms with Crippen LogP contribution in [0.3, 0.4) is 0 Å². The Kier molecular flexibility index (Phi) is 3.73. The molecule has 0 bridgehead atoms. The Morgan fingerprint density at radius 2 is 2.17 bits per heavy atom. The van der Waals surface area contributed by atoms with Gasteiger partial charge in [0.1, 0.15) is 0 Å². The molecule has 1 fully saturated rings. The first-order chi connectivity index (χ1) is 8.79. The molecule has 2 aromatic rings. The van der Waals surface area contributed by atoms with E-state index in [0.717, 1.165) is 5.92 Å². The Morgan fingerprint density at radius 1 is 1.33 bits per heavy atom. The van der Waals surface area contributed by atoms with Crippen LogP contribution < -0.4 is 5.73 Å². The molecule has 0 radical (unpaired) electrons. The van der Waals surface area contributed by atoms with Crippen molar-refractivity contribution in [2.24, 2.45) is 17.6 Å². The fraction of sp³-hybridized carbons (Fsp3) is 0.600. The average Bonchev–Trinajstić information content (AvgIpc) is 2.98. The summed E-state index contributed by atoms with van der Waals surface area (Å²) < 4.78 is 2.82. The highest BCUT2D eigenvalue weighted by Gasteiger charge is 2.30. The second-order valence-corrected chi connectivity index (χ2v) is 7.50. The van der Waals surface area contributed by atoms with Crippen LogP contribution >= 0.6 is 22.7 Å². The van der Waals surface area contributed by atoms with Gasteiger partial charge in [0.05, 0.1) is 0 Å². The Labute approximate surface area is 117 Å². The van der Waals surface area contributed by atoms with Gasteiger partial charge in [-0.05, 0) is 35.8 Å². The Bertz CT molecular complexity index is 485. The van der Waals surface area contributed by atoms with Gasteiger partial charge in [-0.2, -0.15) is 0 Å². The zero-order chi connectivity index (χ0) is 12.5. The van der Waals surface area contributed by atoms with Gasteiger partial charge >= 0.3 is 0 Å². The average molecular weight is 279 g/mol. The molecule has 2 aromatic heterocycles. The van der Waals surface area contributed by atoms with Crippen molar-refractivity contribution in [1.29, 1.82) is 0 Å². The summed E-state index contributed by atoms with van der Waals surface area (Å²) in [7, 11) is 0. The predicted molar refractivity (Wildman–Crippen MR) is 82.4 cm³/mol. The topological polar surface area (TPSA) is 26.0 Å². The smallest absolute Gasteiger partial charge is 0.0454 e. The number of hydrogen-bond donors (Lipinski definition) is 1. The third-order valence-corrected chi connectivity index (χ3v) is 6.64. The molecule has 3 atom stereocenters. The van der Waals surface area contributed by atoms with E-state index in [0.29, 0.717) is 5.92 Å². The van der Waals surface area contributed by atoms with Crippen LogP contribution in [0, 0.1) is 11.8 Å². The lowest BCUT2D eigenvalue weighted by molar-refractivity contribution is 0.198. The molecular weight excluding hydrogens is 258 g/mol. The van der Waals surface area contributed by atoms with E-state index in [2.05, 4.69) is 24.4 Å². The van der Waals surface area contributed by atoms with Gasteiger partial charge in [-0.3, -0.25) is 0 Å². The molecule has 2 N–H and O–H groups in total. The monoisotopic (exact) mass is 279 g/mol. The maximum atomic E-state index is 6.57. The zero-order valence-corrected chi connectivity index (χ0v) is 12.5. The van der Waals surface area contributed by atoms with Crippen molar-refractivity contribution in [3.8, 4) is 0 Å². The summed E-state index contributed by atoms with van der Waals surface area (Å²) in [4.78, 5) is 1.40. The Balaban J connectivity index is 1.84. The number of rotatable bonds is 3. The van der Waals surface area contributed by atoms with Crippen LogP contribution in [0.4, 0.5) is 0 Å². The molecule has 18 heavy (non-hydrogen) atoms. The molecule has 1 nitrogen and oxygen atoms in total. The van der Waals surface area contributed by atoms with E-state index in [1.165, 1.54) is 46.4 Å². The van der Waals surface area contributed by atoms with E-state index >= 15 is 0 Å². The standard InChI is InChI=1S/C15H21NS2/c1-2-10-5-3-4-6-11(10)15(16)14-9-13-12(18-14)7-8-17-13/h7-11,15H,2-6,16H2,1H3. The summed E-state index contributed by atoms with van der Waals surface area (Å²) in [6, 6.07) is 4.82. The van der Waals surface area contributed by atoms with Crippen molar-refractivity contribution < 1.29 is 0 Å². The molecular formula is C15H21NS2. The van der Waals surface area contributed by atoms with Gasteiger partial charge in [0.2, 0.25) is 0 Å². The second-order valence-electron chi connectivity index (χ2n) is 5.44. The number of fused-ring (bicyclic) bond motifs is 1. The number of hydrogen-bond acceptors (Lipinski definition) is 3. The minimum absolute atomic E-state index is 0.264. The highest BCUT2D eigenvalue weighted by molar-refractivity contribution is 7.26. The minimum atomic E-state index is 0.264. The highest BCUT2D eigenvalue weighted by Crippen LogP contribution is 2.42. The second kappa shape index (κ2) is 5.32. The molecule has 98 valence electrons. The van der Waals surface area contributed by atoms with Crippen LogP contribution in [0.15, 0.2) is 17.5 Å². The molecule has 3 rings (SSSR count). The largest absolute Gasteiger partial charge is 0.323 e. The maximum absolute atomic E-state index is 6.57. The molecule has 2 heterocycles. The fourth-order valence-electron chi connectivity index (χ4n) is 3.38. The van der Waals surface area contributed by atoms with Gasteiger partial charge in [0, 0.05) is 20.3 Å². The molecule has 1 aliphatic rings. The van der Waals surface area contributed by atoms with E-state index in [9.17, 15) is 0 Å². The summed E-state index contributed by atoms with van der Waals surface area (Å²) in [5, 5.41) is 2.17. The molecule has 1 saturated carbocycles. The maximum Gasteiger partial charge on any atom is 0.0454 e. The molecule has 3 heteroatoms. The third kappa shape index (κ3) is 2.24.